The van der Waals surface area contributed by atoms with Crippen molar-refractivity contribution in [2.45, 2.75) is 18.7 Å². The van der Waals surface area contributed by atoms with Gasteiger partial charge in [0.05, 0.1) is 23.6 Å². The molecule has 0 bridgehead atoms. The van der Waals surface area contributed by atoms with E-state index in [0.717, 1.165) is 34.1 Å². The third-order valence-corrected chi connectivity index (χ3v) is 5.16. The molecule has 0 aliphatic rings. The third-order valence-electron chi connectivity index (χ3n) is 4.01. The summed E-state index contributed by atoms with van der Waals surface area (Å²) in [6.45, 7) is 4.04. The molecule has 0 aliphatic heterocycles. The lowest BCUT2D eigenvalue weighted by Crippen LogP contribution is -2.09. The normalized spacial score (nSPS) is 12.2. The predicted molar refractivity (Wildman–Crippen MR) is 120 cm³/mol. The van der Waals surface area contributed by atoms with Gasteiger partial charge in [0.15, 0.2) is 0 Å². The minimum Gasteiger partial charge on any atom is -0.386 e. The van der Waals surface area contributed by atoms with Crippen LogP contribution in [0, 0.1) is 0 Å². The highest BCUT2D eigenvalue weighted by Gasteiger charge is 2.18. The zero-order chi connectivity index (χ0) is 20.7. The van der Waals surface area contributed by atoms with E-state index in [9.17, 15) is 9.00 Å². The number of nitrogens with one attached hydrogen (secondary N) is 2. The molecule has 5 nitrogen and oxygen atoms in total. The van der Waals surface area contributed by atoms with Crippen LogP contribution in [0.1, 0.15) is 25.1 Å². The van der Waals surface area contributed by atoms with E-state index in [0.29, 0.717) is 15.6 Å². The van der Waals surface area contributed by atoms with Crippen LogP contribution in [0.5, 0.6) is 0 Å². The molecule has 0 saturated carbocycles. The zero-order valence-corrected chi connectivity index (χ0v) is 17.9. The van der Waals surface area contributed by atoms with Crippen LogP contribution < -0.4 is 5.32 Å². The molecule has 3 aromatic rings. The number of carbonyl (C=O) groups is 1. The summed E-state index contributed by atoms with van der Waals surface area (Å²) in [6, 6.07) is 12.9. The summed E-state index contributed by atoms with van der Waals surface area (Å²) in [7, 11) is 0.711. The number of H-pyrrole nitrogens is 1. The number of halogens is 1. The lowest BCUT2D eigenvalue weighted by molar-refractivity contribution is -0.106. The molecule has 0 spiro atoms. The first kappa shape index (κ1) is 21.9. The number of aromatic nitrogens is 1. The van der Waals surface area contributed by atoms with Crippen molar-refractivity contribution in [2.24, 2.45) is 4.99 Å². The summed E-state index contributed by atoms with van der Waals surface area (Å²) >= 11 is 6.14. The molecule has 7 heteroatoms. The number of benzene rings is 2. The van der Waals surface area contributed by atoms with Crippen molar-refractivity contribution >= 4 is 51.0 Å². The van der Waals surface area contributed by atoms with Crippen LogP contribution >= 0.6 is 11.6 Å². The second kappa shape index (κ2) is 10.2. The summed E-state index contributed by atoms with van der Waals surface area (Å²) in [4.78, 5) is 19.4. The Morgan fingerprint density at radius 1 is 1.25 bits per heavy atom. The molecule has 1 atom stereocenters. The minimum absolute atomic E-state index is 0.0358. The highest BCUT2D eigenvalue weighted by atomic mass is 35.5. The van der Waals surface area contributed by atoms with Gasteiger partial charge >= 0.3 is 0 Å². The fraction of sp³-hybridized carbons (Fsp3) is 0.238. The number of hydrogen-bond acceptors (Lipinski definition) is 4. The van der Waals surface area contributed by atoms with Gasteiger partial charge in [0.2, 0.25) is 0 Å². The second-order valence-corrected chi connectivity index (χ2v) is 7.47. The molecule has 0 aliphatic carbocycles. The number of aldehydes is 1. The molecule has 0 radical (unpaired) electrons. The average molecular weight is 418 g/mol. The van der Waals surface area contributed by atoms with Crippen LogP contribution in [0.3, 0.4) is 0 Å². The van der Waals surface area contributed by atoms with Crippen molar-refractivity contribution in [3.8, 4) is 0 Å². The number of fused-ring (bicyclic) bond motifs is 1. The second-order valence-electron chi connectivity index (χ2n) is 5.65. The maximum absolute atomic E-state index is 11.9. The average Bonchev–Trinajstić information content (AvgIpc) is 3.07. The van der Waals surface area contributed by atoms with E-state index in [2.05, 4.69) is 15.3 Å². The van der Waals surface area contributed by atoms with Crippen molar-refractivity contribution in [3.63, 3.8) is 0 Å². The number of aromatic amines is 1. The summed E-state index contributed by atoms with van der Waals surface area (Å²) in [5, 5.41) is 4.76. The van der Waals surface area contributed by atoms with E-state index in [1.807, 2.05) is 57.3 Å². The Bertz CT molecular complexity index is 1030. The maximum Gasteiger partial charge on any atom is 0.141 e. The van der Waals surface area contributed by atoms with Crippen molar-refractivity contribution in [3.05, 3.63) is 58.7 Å². The molecular formula is C21H24ClN3O2S. The Morgan fingerprint density at radius 3 is 2.64 bits per heavy atom. The van der Waals surface area contributed by atoms with Gasteiger partial charge in [-0.05, 0) is 30.3 Å². The third kappa shape index (κ3) is 4.69. The SMILES string of the molecule is CC.CNc1c(C(=NCC=O)c2cccc(S(C)=O)c2)[nH]c2ccc(Cl)cc12. The molecule has 1 aromatic heterocycles. The molecule has 0 amide bonds. The molecule has 2 aromatic carbocycles. The highest BCUT2D eigenvalue weighted by molar-refractivity contribution is 7.84. The van der Waals surface area contributed by atoms with Crippen molar-refractivity contribution in [1.82, 2.24) is 4.98 Å². The summed E-state index contributed by atoms with van der Waals surface area (Å²) < 4.78 is 11.9. The van der Waals surface area contributed by atoms with Crippen molar-refractivity contribution in [2.75, 3.05) is 25.2 Å². The smallest absolute Gasteiger partial charge is 0.141 e. The van der Waals surface area contributed by atoms with Crippen LogP contribution in [-0.4, -0.2) is 41.0 Å². The van der Waals surface area contributed by atoms with Gasteiger partial charge in [-0.2, -0.15) is 0 Å². The number of nitrogens with zero attached hydrogens (tertiary/aromatic N) is 1. The lowest BCUT2D eigenvalue weighted by Gasteiger charge is -2.09. The van der Waals surface area contributed by atoms with E-state index < -0.39 is 10.8 Å². The standard InChI is InChI=1S/C19H18ClN3O2S.C2H6/c1-21-18-15-11-13(20)6-7-16(15)23-19(18)17(22-8-9-24)12-4-3-5-14(10-12)26(2)25;1-2/h3-7,9-11,21,23H,8H2,1-2H3;1-2H3. The van der Waals surface area contributed by atoms with Gasteiger partial charge in [-0.3, -0.25) is 9.20 Å². The number of aliphatic imine (C=N–C) groups is 1. The molecule has 148 valence electrons. The Labute approximate surface area is 172 Å². The van der Waals surface area contributed by atoms with Gasteiger partial charge < -0.3 is 15.1 Å². The van der Waals surface area contributed by atoms with Crippen LogP contribution in [0.4, 0.5) is 5.69 Å². The van der Waals surface area contributed by atoms with Crippen LogP contribution in [0.2, 0.25) is 5.02 Å². The molecule has 28 heavy (non-hydrogen) atoms. The van der Waals surface area contributed by atoms with Gasteiger partial charge in [0.1, 0.15) is 6.29 Å². The van der Waals surface area contributed by atoms with E-state index in [1.54, 1.807) is 12.3 Å². The molecule has 3 rings (SSSR count). The van der Waals surface area contributed by atoms with E-state index >= 15 is 0 Å². The van der Waals surface area contributed by atoms with Crippen molar-refractivity contribution < 1.29 is 9.00 Å². The molecule has 0 saturated heterocycles. The number of carbonyl (C=O) groups excluding carboxylic acids is 1. The fourth-order valence-corrected chi connectivity index (χ4v) is 3.60. The van der Waals surface area contributed by atoms with Gasteiger partial charge in [0, 0.05) is 50.5 Å². The summed E-state index contributed by atoms with van der Waals surface area (Å²) in [5.41, 5.74) is 3.92. The lowest BCUT2D eigenvalue weighted by atomic mass is 10.1. The number of anilines is 1. The topological polar surface area (TPSA) is 74.3 Å². The maximum atomic E-state index is 11.9. The zero-order valence-electron chi connectivity index (χ0n) is 16.4. The summed E-state index contributed by atoms with van der Waals surface area (Å²) in [5.74, 6) is 0. The molecule has 2 N–H and O–H groups in total. The van der Waals surface area contributed by atoms with Gasteiger partial charge in [-0.1, -0.05) is 37.6 Å². The molecule has 0 fully saturated rings. The van der Waals surface area contributed by atoms with Gasteiger partial charge in [0.25, 0.3) is 0 Å². The quantitative estimate of drug-likeness (QED) is 0.452. The fourth-order valence-electron chi connectivity index (χ4n) is 2.87. The molecule has 1 heterocycles. The van der Waals surface area contributed by atoms with E-state index in [1.165, 1.54) is 0 Å². The van der Waals surface area contributed by atoms with Crippen LogP contribution in [0.25, 0.3) is 10.9 Å². The van der Waals surface area contributed by atoms with Crippen LogP contribution in [-0.2, 0) is 15.6 Å². The number of hydrogen-bond donors (Lipinski definition) is 2. The first-order valence-electron chi connectivity index (χ1n) is 8.96. The minimum atomic E-state index is -1.11. The molecule has 1 unspecified atom stereocenters. The monoisotopic (exact) mass is 417 g/mol. The Morgan fingerprint density at radius 2 is 2.00 bits per heavy atom. The van der Waals surface area contributed by atoms with Gasteiger partial charge in [-0.15, -0.1) is 0 Å². The van der Waals surface area contributed by atoms with E-state index in [4.69, 9.17) is 11.6 Å². The Hall–Kier alpha value is -2.44. The van der Waals surface area contributed by atoms with Crippen LogP contribution in [0.15, 0.2) is 52.4 Å². The molecular weight excluding hydrogens is 394 g/mol. The largest absolute Gasteiger partial charge is 0.386 e. The first-order chi connectivity index (χ1) is 13.5. The highest BCUT2D eigenvalue weighted by Crippen LogP contribution is 2.31. The number of rotatable bonds is 6. The Balaban J connectivity index is 0.00000136. The van der Waals surface area contributed by atoms with Gasteiger partial charge in [-0.25, -0.2) is 0 Å². The predicted octanol–water partition coefficient (Wildman–Crippen LogP) is 4.66. The van der Waals surface area contributed by atoms with E-state index in [-0.39, 0.29) is 6.54 Å². The first-order valence-corrected chi connectivity index (χ1v) is 10.9. The van der Waals surface area contributed by atoms with Crippen molar-refractivity contribution in [1.29, 1.82) is 0 Å². The Kier molecular flexibility index (Phi) is 7.96. The summed E-state index contributed by atoms with van der Waals surface area (Å²) in [6.07, 6.45) is 2.38.